The Morgan fingerprint density at radius 1 is 1.42 bits per heavy atom. The summed E-state index contributed by atoms with van der Waals surface area (Å²) in [5, 5.41) is 13.5. The highest BCUT2D eigenvalue weighted by molar-refractivity contribution is 7.97. The van der Waals surface area contributed by atoms with Gasteiger partial charge in [-0.1, -0.05) is 6.07 Å². The molecule has 0 spiro atoms. The fourth-order valence-electron chi connectivity index (χ4n) is 2.01. The summed E-state index contributed by atoms with van der Waals surface area (Å²) in [4.78, 5) is 21.5. The number of nitrogens with zero attached hydrogens (tertiary/aromatic N) is 2. The summed E-state index contributed by atoms with van der Waals surface area (Å²) >= 11 is 1.53. The number of amides is 1. The summed E-state index contributed by atoms with van der Waals surface area (Å²) in [6.07, 6.45) is 2.55. The van der Waals surface area contributed by atoms with Crippen LogP contribution in [0.4, 0.5) is 5.69 Å². The van der Waals surface area contributed by atoms with Gasteiger partial charge in [0.15, 0.2) is 0 Å². The number of carbonyl (C=O) groups excluding carboxylic acids is 1. The number of rotatable bonds is 5. The van der Waals surface area contributed by atoms with Gasteiger partial charge in [-0.05, 0) is 30.9 Å². The molecule has 0 atom stereocenters. The van der Waals surface area contributed by atoms with Gasteiger partial charge in [0.25, 0.3) is 5.69 Å². The van der Waals surface area contributed by atoms with E-state index in [2.05, 4.69) is 9.62 Å². The molecule has 1 fully saturated rings. The molecule has 1 aliphatic heterocycles. The maximum Gasteiger partial charge on any atom is 0.270 e. The van der Waals surface area contributed by atoms with Crippen LogP contribution >= 0.6 is 11.9 Å². The Kier molecular flexibility index (Phi) is 4.75. The quantitative estimate of drug-likeness (QED) is 0.385. The molecule has 19 heavy (non-hydrogen) atoms. The molecule has 2 rings (SSSR count). The number of hydrogen-bond acceptors (Lipinski definition) is 5. The van der Waals surface area contributed by atoms with Gasteiger partial charge in [-0.2, -0.15) is 0 Å². The van der Waals surface area contributed by atoms with Crippen LogP contribution in [0.3, 0.4) is 0 Å². The van der Waals surface area contributed by atoms with Crippen molar-refractivity contribution in [3.05, 3.63) is 34.4 Å². The lowest BCUT2D eigenvalue weighted by Crippen LogP contribution is -2.39. The van der Waals surface area contributed by atoms with Crippen LogP contribution in [0.15, 0.2) is 29.2 Å². The van der Waals surface area contributed by atoms with Gasteiger partial charge in [0.2, 0.25) is 6.41 Å². The summed E-state index contributed by atoms with van der Waals surface area (Å²) in [6.45, 7) is 1.72. The van der Waals surface area contributed by atoms with E-state index in [0.29, 0.717) is 0 Å². The number of nitro benzene ring substituents is 1. The number of non-ortho nitro benzene ring substituents is 1. The molecule has 0 saturated carbocycles. The molecular weight excluding hydrogens is 266 g/mol. The largest absolute Gasteiger partial charge is 0.356 e. The molecule has 0 radical (unpaired) electrons. The molecule has 0 unspecified atom stereocenters. The fourth-order valence-corrected chi connectivity index (χ4v) is 3.02. The van der Waals surface area contributed by atoms with Crippen LogP contribution in [0.5, 0.6) is 0 Å². The average Bonchev–Trinajstić information content (AvgIpc) is 2.42. The number of hydrogen-bond donors (Lipinski definition) is 1. The zero-order valence-electron chi connectivity index (χ0n) is 10.3. The Bertz CT molecular complexity index is 461. The third-order valence-electron chi connectivity index (χ3n) is 3.02. The van der Waals surface area contributed by atoms with Crippen molar-refractivity contribution in [1.82, 2.24) is 9.62 Å². The van der Waals surface area contributed by atoms with Crippen LogP contribution in [0, 0.1) is 10.1 Å². The molecule has 1 aliphatic rings. The molecule has 1 aromatic rings. The molecule has 1 heterocycles. The minimum atomic E-state index is -0.385. The minimum absolute atomic E-state index is 0.113. The van der Waals surface area contributed by atoms with E-state index in [-0.39, 0.29) is 16.7 Å². The highest BCUT2D eigenvalue weighted by atomic mass is 32.2. The van der Waals surface area contributed by atoms with Gasteiger partial charge in [0.05, 0.1) is 4.92 Å². The highest BCUT2D eigenvalue weighted by Crippen LogP contribution is 2.28. The lowest BCUT2D eigenvalue weighted by Gasteiger charge is -2.30. The van der Waals surface area contributed by atoms with Gasteiger partial charge in [-0.25, -0.2) is 4.31 Å². The summed E-state index contributed by atoms with van der Waals surface area (Å²) in [6, 6.07) is 6.89. The van der Waals surface area contributed by atoms with Gasteiger partial charge < -0.3 is 5.32 Å². The van der Waals surface area contributed by atoms with Gasteiger partial charge in [0.1, 0.15) is 0 Å². The molecular formula is C12H15N3O3S. The molecule has 0 aromatic heterocycles. The molecule has 1 amide bonds. The summed E-state index contributed by atoms with van der Waals surface area (Å²) in [7, 11) is 0. The third-order valence-corrected chi connectivity index (χ3v) is 4.11. The molecule has 6 nitrogen and oxygen atoms in total. The Balaban J connectivity index is 1.90. The topological polar surface area (TPSA) is 75.5 Å². The Morgan fingerprint density at radius 2 is 2.16 bits per heavy atom. The lowest BCUT2D eigenvalue weighted by molar-refractivity contribution is -0.385. The molecule has 1 N–H and O–H groups in total. The summed E-state index contributed by atoms with van der Waals surface area (Å²) in [5.41, 5.74) is 0.113. The van der Waals surface area contributed by atoms with Crippen molar-refractivity contribution in [2.45, 2.75) is 23.8 Å². The first-order valence-electron chi connectivity index (χ1n) is 6.06. The summed E-state index contributed by atoms with van der Waals surface area (Å²) in [5.74, 6) is 0. The smallest absolute Gasteiger partial charge is 0.270 e. The zero-order chi connectivity index (χ0) is 13.7. The minimum Gasteiger partial charge on any atom is -0.356 e. The van der Waals surface area contributed by atoms with E-state index >= 15 is 0 Å². The zero-order valence-corrected chi connectivity index (χ0v) is 11.1. The van der Waals surface area contributed by atoms with E-state index in [9.17, 15) is 14.9 Å². The Morgan fingerprint density at radius 3 is 2.79 bits per heavy atom. The van der Waals surface area contributed by atoms with Gasteiger partial charge in [-0.15, -0.1) is 0 Å². The molecule has 0 aliphatic carbocycles. The maximum atomic E-state index is 10.7. The van der Waals surface area contributed by atoms with Crippen molar-refractivity contribution in [3.8, 4) is 0 Å². The van der Waals surface area contributed by atoms with Gasteiger partial charge >= 0.3 is 0 Å². The summed E-state index contributed by atoms with van der Waals surface area (Å²) < 4.78 is 2.17. The second-order valence-corrected chi connectivity index (χ2v) is 5.50. The second-order valence-electron chi connectivity index (χ2n) is 4.33. The second kappa shape index (κ2) is 6.53. The Labute approximate surface area is 115 Å². The van der Waals surface area contributed by atoms with Crippen molar-refractivity contribution in [2.75, 3.05) is 13.1 Å². The van der Waals surface area contributed by atoms with Crippen LogP contribution in [-0.2, 0) is 4.79 Å². The van der Waals surface area contributed by atoms with Gasteiger partial charge in [0, 0.05) is 36.2 Å². The molecule has 102 valence electrons. The molecule has 1 aromatic carbocycles. The first kappa shape index (κ1) is 13.8. The fraction of sp³-hybridized carbons (Fsp3) is 0.417. The van der Waals surface area contributed by atoms with Crippen molar-refractivity contribution >= 4 is 24.0 Å². The predicted molar refractivity (Wildman–Crippen MR) is 72.7 cm³/mol. The van der Waals surface area contributed by atoms with Crippen molar-refractivity contribution in [2.24, 2.45) is 0 Å². The van der Waals surface area contributed by atoms with E-state index in [1.807, 2.05) is 6.07 Å². The number of piperidine rings is 1. The van der Waals surface area contributed by atoms with Crippen molar-refractivity contribution in [1.29, 1.82) is 0 Å². The normalized spacial score (nSPS) is 17.1. The van der Waals surface area contributed by atoms with E-state index < -0.39 is 0 Å². The van der Waals surface area contributed by atoms with Gasteiger partial charge in [-0.3, -0.25) is 14.9 Å². The van der Waals surface area contributed by atoms with E-state index in [4.69, 9.17) is 0 Å². The third kappa shape index (κ3) is 3.93. The first-order valence-corrected chi connectivity index (χ1v) is 6.83. The highest BCUT2D eigenvalue weighted by Gasteiger charge is 2.19. The Hall–Kier alpha value is -1.60. The van der Waals surface area contributed by atoms with Crippen LogP contribution < -0.4 is 5.32 Å². The lowest BCUT2D eigenvalue weighted by atomic mass is 10.1. The van der Waals surface area contributed by atoms with Crippen LogP contribution in [0.25, 0.3) is 0 Å². The first-order chi connectivity index (χ1) is 9.19. The van der Waals surface area contributed by atoms with Crippen molar-refractivity contribution in [3.63, 3.8) is 0 Å². The van der Waals surface area contributed by atoms with Crippen LogP contribution in [0.1, 0.15) is 12.8 Å². The number of nitrogens with one attached hydrogen (secondary N) is 1. The average molecular weight is 281 g/mol. The van der Waals surface area contributed by atoms with Crippen LogP contribution in [0.2, 0.25) is 0 Å². The van der Waals surface area contributed by atoms with Crippen LogP contribution in [-0.4, -0.2) is 34.8 Å². The van der Waals surface area contributed by atoms with Crippen molar-refractivity contribution < 1.29 is 9.72 Å². The SMILES string of the molecule is O=CNC1CCN(Sc2cccc([N+](=O)[O-])c2)CC1. The standard InChI is InChI=1S/C12H15N3O3S/c16-9-13-10-4-6-14(7-5-10)19-12-3-1-2-11(8-12)15(17)18/h1-3,8-10H,4-7H2,(H,13,16). The predicted octanol–water partition coefficient (Wildman–Crippen LogP) is 1.81. The van der Waals surface area contributed by atoms with E-state index in [0.717, 1.165) is 37.2 Å². The van der Waals surface area contributed by atoms with E-state index in [1.165, 1.54) is 18.0 Å². The van der Waals surface area contributed by atoms with E-state index in [1.54, 1.807) is 12.1 Å². The number of benzene rings is 1. The monoisotopic (exact) mass is 281 g/mol. The molecule has 7 heteroatoms. The molecule has 1 saturated heterocycles. The molecule has 0 bridgehead atoms. The number of nitro groups is 1. The number of carbonyl (C=O) groups is 1. The maximum absolute atomic E-state index is 10.7.